The highest BCUT2D eigenvalue weighted by molar-refractivity contribution is 5.76. The summed E-state index contributed by atoms with van der Waals surface area (Å²) in [6.07, 6.45) is -1.08. The standard InChI is InChI=1S/C9H10O3.C4H11NO/c1-7(10)9(11)12-8-5-3-2-4-6-8;1-5(2)3-4-6/h2-7,10H,1H3;6H,3-4H2,1-2H3. The van der Waals surface area contributed by atoms with Gasteiger partial charge >= 0.3 is 5.97 Å². The maximum Gasteiger partial charge on any atom is 0.340 e. The second-order valence-electron chi connectivity index (χ2n) is 3.94. The highest BCUT2D eigenvalue weighted by Crippen LogP contribution is 2.08. The minimum atomic E-state index is -1.08. The molecule has 0 aliphatic heterocycles. The largest absolute Gasteiger partial charge is 0.425 e. The fourth-order valence-corrected chi connectivity index (χ4v) is 0.890. The maximum atomic E-state index is 10.8. The average molecular weight is 255 g/mol. The van der Waals surface area contributed by atoms with E-state index in [1.807, 2.05) is 25.1 Å². The lowest BCUT2D eigenvalue weighted by Crippen LogP contribution is -2.21. The van der Waals surface area contributed by atoms with Crippen LogP contribution in [0.3, 0.4) is 0 Å². The van der Waals surface area contributed by atoms with E-state index >= 15 is 0 Å². The molecule has 0 saturated heterocycles. The molecule has 0 bridgehead atoms. The van der Waals surface area contributed by atoms with Crippen molar-refractivity contribution >= 4 is 5.97 Å². The van der Waals surface area contributed by atoms with Crippen molar-refractivity contribution in [2.45, 2.75) is 13.0 Å². The van der Waals surface area contributed by atoms with E-state index < -0.39 is 12.1 Å². The number of likely N-dealkylation sites (N-methyl/N-ethyl adjacent to an activating group) is 1. The molecule has 1 atom stereocenters. The van der Waals surface area contributed by atoms with Crippen LogP contribution in [0.2, 0.25) is 0 Å². The van der Waals surface area contributed by atoms with Crippen molar-refractivity contribution in [3.63, 3.8) is 0 Å². The van der Waals surface area contributed by atoms with Crippen LogP contribution in [0.5, 0.6) is 5.75 Å². The molecule has 2 N–H and O–H groups in total. The van der Waals surface area contributed by atoms with Gasteiger partial charge in [0, 0.05) is 6.54 Å². The third-order valence-electron chi connectivity index (χ3n) is 1.85. The SMILES string of the molecule is CC(O)C(=O)Oc1ccccc1.CN(C)CCO. The summed E-state index contributed by atoms with van der Waals surface area (Å²) in [5.41, 5.74) is 0. The van der Waals surface area contributed by atoms with E-state index in [0.717, 1.165) is 6.54 Å². The Labute approximate surface area is 108 Å². The predicted molar refractivity (Wildman–Crippen MR) is 69.4 cm³/mol. The van der Waals surface area contributed by atoms with E-state index in [1.165, 1.54) is 6.92 Å². The zero-order chi connectivity index (χ0) is 14.0. The number of benzene rings is 1. The molecular formula is C13H21NO4. The summed E-state index contributed by atoms with van der Waals surface area (Å²) < 4.78 is 4.79. The topological polar surface area (TPSA) is 70.0 Å². The Morgan fingerprint density at radius 3 is 2.22 bits per heavy atom. The van der Waals surface area contributed by atoms with Gasteiger partial charge in [0.2, 0.25) is 0 Å². The van der Waals surface area contributed by atoms with Crippen molar-refractivity contribution in [2.75, 3.05) is 27.2 Å². The quantitative estimate of drug-likeness (QED) is 0.606. The Bertz CT molecular complexity index is 325. The summed E-state index contributed by atoms with van der Waals surface area (Å²) in [4.78, 5) is 12.8. The molecule has 0 saturated carbocycles. The second-order valence-corrected chi connectivity index (χ2v) is 3.94. The molecule has 1 rings (SSSR count). The molecule has 1 unspecified atom stereocenters. The molecule has 0 spiro atoms. The lowest BCUT2D eigenvalue weighted by molar-refractivity contribution is -0.142. The van der Waals surface area contributed by atoms with Crippen LogP contribution in [0.25, 0.3) is 0 Å². The maximum absolute atomic E-state index is 10.8. The van der Waals surface area contributed by atoms with Gasteiger partial charge in [0.25, 0.3) is 0 Å². The Morgan fingerprint density at radius 2 is 1.89 bits per heavy atom. The van der Waals surface area contributed by atoms with Crippen molar-refractivity contribution in [1.29, 1.82) is 0 Å². The van der Waals surface area contributed by atoms with Crippen LogP contribution >= 0.6 is 0 Å². The zero-order valence-corrected chi connectivity index (χ0v) is 11.0. The Balaban J connectivity index is 0.000000411. The van der Waals surface area contributed by atoms with Gasteiger partial charge in [-0.05, 0) is 33.2 Å². The van der Waals surface area contributed by atoms with Crippen LogP contribution in [0.4, 0.5) is 0 Å². The molecule has 0 aromatic heterocycles. The van der Waals surface area contributed by atoms with E-state index in [-0.39, 0.29) is 6.61 Å². The average Bonchev–Trinajstić information content (AvgIpc) is 2.30. The summed E-state index contributed by atoms with van der Waals surface area (Å²) in [6, 6.07) is 8.63. The Hall–Kier alpha value is -1.43. The summed E-state index contributed by atoms with van der Waals surface area (Å²) >= 11 is 0. The molecule has 0 aliphatic carbocycles. The molecule has 5 nitrogen and oxygen atoms in total. The highest BCUT2D eigenvalue weighted by Gasteiger charge is 2.10. The fourth-order valence-electron chi connectivity index (χ4n) is 0.890. The predicted octanol–water partition coefficient (Wildman–Crippen LogP) is 0.513. The molecule has 1 aromatic carbocycles. The van der Waals surface area contributed by atoms with Gasteiger partial charge in [-0.3, -0.25) is 0 Å². The first-order chi connectivity index (χ1) is 8.47. The molecule has 0 fully saturated rings. The molecule has 102 valence electrons. The summed E-state index contributed by atoms with van der Waals surface area (Å²) in [6.45, 7) is 2.39. The molecule has 5 heteroatoms. The third-order valence-corrected chi connectivity index (χ3v) is 1.85. The van der Waals surface area contributed by atoms with E-state index in [4.69, 9.17) is 14.9 Å². The smallest absolute Gasteiger partial charge is 0.340 e. The van der Waals surface area contributed by atoms with E-state index in [1.54, 1.807) is 24.3 Å². The van der Waals surface area contributed by atoms with Crippen LogP contribution < -0.4 is 4.74 Å². The number of ether oxygens (including phenoxy) is 1. The van der Waals surface area contributed by atoms with Gasteiger partial charge in [-0.2, -0.15) is 0 Å². The van der Waals surface area contributed by atoms with Crippen molar-refractivity contribution in [2.24, 2.45) is 0 Å². The van der Waals surface area contributed by atoms with Crippen LogP contribution in [-0.4, -0.2) is 54.4 Å². The Morgan fingerprint density at radius 1 is 1.33 bits per heavy atom. The first-order valence-electron chi connectivity index (χ1n) is 5.67. The molecule has 0 heterocycles. The number of rotatable bonds is 4. The van der Waals surface area contributed by atoms with E-state index in [2.05, 4.69) is 0 Å². The second kappa shape index (κ2) is 9.58. The number of esters is 1. The molecule has 0 aliphatic rings. The number of nitrogens with zero attached hydrogens (tertiary/aromatic N) is 1. The minimum Gasteiger partial charge on any atom is -0.425 e. The van der Waals surface area contributed by atoms with Gasteiger partial charge in [0.1, 0.15) is 11.9 Å². The Kier molecular flexibility index (Phi) is 8.82. The van der Waals surface area contributed by atoms with Gasteiger partial charge in [-0.15, -0.1) is 0 Å². The number of hydrogen-bond donors (Lipinski definition) is 2. The monoisotopic (exact) mass is 255 g/mol. The number of aliphatic hydroxyl groups is 2. The van der Waals surface area contributed by atoms with Crippen LogP contribution in [-0.2, 0) is 4.79 Å². The van der Waals surface area contributed by atoms with Gasteiger partial charge in [0.15, 0.2) is 0 Å². The van der Waals surface area contributed by atoms with Crippen molar-refractivity contribution in [3.05, 3.63) is 30.3 Å². The van der Waals surface area contributed by atoms with Gasteiger partial charge in [0.05, 0.1) is 6.61 Å². The first-order valence-corrected chi connectivity index (χ1v) is 5.67. The van der Waals surface area contributed by atoms with Gasteiger partial charge in [-0.1, -0.05) is 18.2 Å². The first kappa shape index (κ1) is 16.6. The molecular weight excluding hydrogens is 234 g/mol. The fraction of sp³-hybridized carbons (Fsp3) is 0.462. The van der Waals surface area contributed by atoms with Crippen molar-refractivity contribution in [1.82, 2.24) is 4.90 Å². The number of aliphatic hydroxyl groups excluding tert-OH is 2. The number of para-hydroxylation sites is 1. The van der Waals surface area contributed by atoms with E-state index in [0.29, 0.717) is 5.75 Å². The van der Waals surface area contributed by atoms with Crippen LogP contribution in [0.1, 0.15) is 6.92 Å². The lowest BCUT2D eigenvalue weighted by Gasteiger charge is -2.04. The molecule has 0 amide bonds. The van der Waals surface area contributed by atoms with Crippen molar-refractivity contribution in [3.8, 4) is 5.75 Å². The van der Waals surface area contributed by atoms with E-state index in [9.17, 15) is 4.79 Å². The number of carbonyl (C=O) groups is 1. The number of hydrogen-bond acceptors (Lipinski definition) is 5. The lowest BCUT2D eigenvalue weighted by atomic mass is 10.3. The summed E-state index contributed by atoms with van der Waals surface area (Å²) in [5.74, 6) is -0.190. The van der Waals surface area contributed by atoms with Gasteiger partial charge in [-0.25, -0.2) is 4.79 Å². The third kappa shape index (κ3) is 8.69. The zero-order valence-electron chi connectivity index (χ0n) is 11.0. The molecule has 18 heavy (non-hydrogen) atoms. The van der Waals surface area contributed by atoms with Crippen LogP contribution in [0, 0.1) is 0 Å². The minimum absolute atomic E-state index is 0.257. The number of carbonyl (C=O) groups excluding carboxylic acids is 1. The van der Waals surface area contributed by atoms with Crippen LogP contribution in [0.15, 0.2) is 30.3 Å². The summed E-state index contributed by atoms with van der Waals surface area (Å²) in [7, 11) is 3.85. The van der Waals surface area contributed by atoms with Crippen molar-refractivity contribution < 1.29 is 19.7 Å². The summed E-state index contributed by atoms with van der Waals surface area (Å²) in [5, 5.41) is 17.0. The molecule has 0 radical (unpaired) electrons. The molecule has 1 aromatic rings. The highest BCUT2D eigenvalue weighted by atomic mass is 16.5. The van der Waals surface area contributed by atoms with Gasteiger partial charge < -0.3 is 19.8 Å². The normalized spacial score (nSPS) is 11.4.